The summed E-state index contributed by atoms with van der Waals surface area (Å²) in [7, 11) is 1.68. The van der Waals surface area contributed by atoms with E-state index in [0.29, 0.717) is 12.3 Å². The Bertz CT molecular complexity index is 777. The van der Waals surface area contributed by atoms with Crippen molar-refractivity contribution in [3.05, 3.63) is 53.5 Å². The first-order valence-corrected chi connectivity index (χ1v) is 11.3. The highest BCUT2D eigenvalue weighted by atomic mass is 16.5. The van der Waals surface area contributed by atoms with Crippen molar-refractivity contribution in [1.82, 2.24) is 5.32 Å². The summed E-state index contributed by atoms with van der Waals surface area (Å²) in [5.74, 6) is 1.99. The van der Waals surface area contributed by atoms with Crippen LogP contribution in [0.2, 0.25) is 0 Å². The predicted octanol–water partition coefficient (Wildman–Crippen LogP) is 1.25. The molecule has 0 saturated carbocycles. The van der Waals surface area contributed by atoms with E-state index in [4.69, 9.17) is 9.15 Å². The largest absolute Gasteiger partial charge is 0.497 e. The second-order valence-corrected chi connectivity index (χ2v) is 8.15. The fourth-order valence-electron chi connectivity index (χ4n) is 4.31. The fourth-order valence-corrected chi connectivity index (χ4v) is 4.31. The number of hydrogen-bond donors (Lipinski definition) is 3. The summed E-state index contributed by atoms with van der Waals surface area (Å²) in [6.45, 7) is 10.1. The number of rotatable bonds is 10. The summed E-state index contributed by atoms with van der Waals surface area (Å²) in [4.78, 5) is 15.7. The smallest absolute Gasteiger partial charge is 0.287 e. The molecule has 2 heterocycles. The predicted molar refractivity (Wildman–Crippen MR) is 117 cm³/mol. The number of nitrogens with one attached hydrogen (secondary N) is 3. The fraction of sp³-hybridized carbons (Fsp3) is 0.542. The number of benzene rings is 1. The number of hydrogen-bond acceptors (Lipinski definition) is 3. The lowest BCUT2D eigenvalue weighted by atomic mass is 10.0. The van der Waals surface area contributed by atoms with Crippen molar-refractivity contribution in [1.29, 1.82) is 0 Å². The van der Waals surface area contributed by atoms with E-state index in [9.17, 15) is 4.79 Å². The summed E-state index contributed by atoms with van der Waals surface area (Å²) in [6.07, 6.45) is 3.78. The standard InChI is InChI=1S/C24H35N3O3/c1-4-26(5-2)18-21-13-14-23(30-21)24(28)25-17-22(27-15-7-6-8-16-27)19-9-11-20(29-3)12-10-19/h9-14,22H,4-8,15-18H2,1-3H3,(H,25,28)/p+2/t22-/m1/s1. The first-order chi connectivity index (χ1) is 14.6. The van der Waals surface area contributed by atoms with E-state index in [1.165, 1.54) is 34.6 Å². The van der Waals surface area contributed by atoms with Crippen molar-refractivity contribution in [2.75, 3.05) is 39.8 Å². The van der Waals surface area contributed by atoms with Crippen LogP contribution in [0.5, 0.6) is 5.75 Å². The molecular formula is C24H37N3O3+2. The van der Waals surface area contributed by atoms with Crippen molar-refractivity contribution < 1.29 is 23.7 Å². The number of piperidine rings is 1. The molecule has 164 valence electrons. The molecule has 1 fully saturated rings. The number of likely N-dealkylation sites (tertiary alicyclic amines) is 1. The van der Waals surface area contributed by atoms with Crippen LogP contribution >= 0.6 is 0 Å². The zero-order valence-corrected chi connectivity index (χ0v) is 18.6. The summed E-state index contributed by atoms with van der Waals surface area (Å²) in [5, 5.41) is 3.13. The van der Waals surface area contributed by atoms with E-state index in [1.54, 1.807) is 13.2 Å². The van der Waals surface area contributed by atoms with Gasteiger partial charge in [-0.2, -0.15) is 0 Å². The van der Waals surface area contributed by atoms with Gasteiger partial charge in [-0.05, 0) is 69.5 Å². The van der Waals surface area contributed by atoms with Gasteiger partial charge in [0.25, 0.3) is 5.91 Å². The lowest BCUT2D eigenvalue weighted by Gasteiger charge is -2.32. The van der Waals surface area contributed by atoms with Gasteiger partial charge < -0.3 is 24.3 Å². The minimum Gasteiger partial charge on any atom is -0.497 e. The van der Waals surface area contributed by atoms with Crippen LogP contribution in [-0.4, -0.2) is 45.7 Å². The third kappa shape index (κ3) is 5.86. The molecule has 1 saturated heterocycles. The molecule has 0 radical (unpaired) electrons. The molecule has 3 rings (SSSR count). The van der Waals surface area contributed by atoms with E-state index >= 15 is 0 Å². The van der Waals surface area contributed by atoms with E-state index in [2.05, 4.69) is 31.3 Å². The van der Waals surface area contributed by atoms with Gasteiger partial charge >= 0.3 is 0 Å². The minimum atomic E-state index is -0.134. The maximum absolute atomic E-state index is 12.8. The first kappa shape index (κ1) is 22.4. The van der Waals surface area contributed by atoms with Crippen molar-refractivity contribution >= 4 is 5.91 Å². The lowest BCUT2D eigenvalue weighted by molar-refractivity contribution is -0.935. The normalized spacial score (nSPS) is 15.9. The summed E-state index contributed by atoms with van der Waals surface area (Å²) < 4.78 is 11.1. The van der Waals surface area contributed by atoms with Crippen LogP contribution in [0.25, 0.3) is 0 Å². The second kappa shape index (κ2) is 11.2. The lowest BCUT2D eigenvalue weighted by Crippen LogP contribution is -3.13. The van der Waals surface area contributed by atoms with E-state index in [0.717, 1.165) is 44.2 Å². The molecule has 0 aliphatic carbocycles. The van der Waals surface area contributed by atoms with Gasteiger partial charge in [-0.1, -0.05) is 0 Å². The molecular weight excluding hydrogens is 378 g/mol. The molecule has 1 aromatic carbocycles. The van der Waals surface area contributed by atoms with Crippen molar-refractivity contribution in [2.24, 2.45) is 0 Å². The highest BCUT2D eigenvalue weighted by molar-refractivity contribution is 5.91. The highest BCUT2D eigenvalue weighted by Crippen LogP contribution is 2.17. The summed E-state index contributed by atoms with van der Waals surface area (Å²) in [6, 6.07) is 12.2. The number of furan rings is 1. The maximum Gasteiger partial charge on any atom is 0.287 e. The molecule has 1 aromatic heterocycles. The van der Waals surface area contributed by atoms with Crippen LogP contribution in [-0.2, 0) is 6.54 Å². The molecule has 6 nitrogen and oxygen atoms in total. The zero-order valence-electron chi connectivity index (χ0n) is 18.6. The third-order valence-electron chi connectivity index (χ3n) is 6.28. The zero-order chi connectivity index (χ0) is 21.3. The average molecular weight is 416 g/mol. The number of carbonyl (C=O) groups is 1. The molecule has 1 aliphatic rings. The van der Waals surface area contributed by atoms with Crippen LogP contribution in [0.4, 0.5) is 0 Å². The minimum absolute atomic E-state index is 0.134. The molecule has 3 N–H and O–H groups in total. The summed E-state index contributed by atoms with van der Waals surface area (Å²) in [5.41, 5.74) is 1.23. The average Bonchev–Trinajstić information content (AvgIpc) is 3.27. The number of amides is 1. The number of quaternary nitrogens is 2. The van der Waals surface area contributed by atoms with Crippen LogP contribution in [0.15, 0.2) is 40.8 Å². The Morgan fingerprint density at radius 3 is 2.43 bits per heavy atom. The molecule has 1 amide bonds. The van der Waals surface area contributed by atoms with E-state index in [1.807, 2.05) is 18.2 Å². The third-order valence-corrected chi connectivity index (χ3v) is 6.28. The van der Waals surface area contributed by atoms with Gasteiger partial charge in [0.2, 0.25) is 0 Å². The van der Waals surface area contributed by atoms with Crippen LogP contribution in [0.3, 0.4) is 0 Å². The molecule has 6 heteroatoms. The SMILES string of the molecule is CC[NH+](CC)Cc1ccc(C(=O)NC[C@H](c2ccc(OC)cc2)[NH+]2CCCCC2)o1. The molecule has 1 atom stereocenters. The van der Waals surface area contributed by atoms with Gasteiger partial charge in [0.15, 0.2) is 11.5 Å². The molecule has 0 unspecified atom stereocenters. The number of ether oxygens (including phenoxy) is 1. The van der Waals surface area contributed by atoms with Gasteiger partial charge in [0.05, 0.1) is 39.8 Å². The summed E-state index contributed by atoms with van der Waals surface area (Å²) >= 11 is 0. The van der Waals surface area contributed by atoms with Crippen LogP contribution in [0, 0.1) is 0 Å². The van der Waals surface area contributed by atoms with Gasteiger partial charge in [0.1, 0.15) is 18.3 Å². The Kier molecular flexibility index (Phi) is 8.34. The Hall–Kier alpha value is -2.31. The maximum atomic E-state index is 12.8. The highest BCUT2D eigenvalue weighted by Gasteiger charge is 2.27. The Morgan fingerprint density at radius 2 is 1.80 bits per heavy atom. The second-order valence-electron chi connectivity index (χ2n) is 8.15. The Morgan fingerprint density at radius 1 is 1.10 bits per heavy atom. The monoisotopic (exact) mass is 415 g/mol. The van der Waals surface area contributed by atoms with Crippen molar-refractivity contribution in [3.8, 4) is 5.75 Å². The van der Waals surface area contributed by atoms with Crippen molar-refractivity contribution in [2.45, 2.75) is 45.7 Å². The van der Waals surface area contributed by atoms with Gasteiger partial charge in [0, 0.05) is 5.56 Å². The molecule has 0 spiro atoms. The van der Waals surface area contributed by atoms with E-state index in [-0.39, 0.29) is 11.9 Å². The molecule has 1 aliphatic heterocycles. The van der Waals surface area contributed by atoms with Gasteiger partial charge in [-0.3, -0.25) is 4.79 Å². The Balaban J connectivity index is 1.65. The molecule has 2 aromatic rings. The van der Waals surface area contributed by atoms with Gasteiger partial charge in [-0.25, -0.2) is 0 Å². The molecule has 30 heavy (non-hydrogen) atoms. The van der Waals surface area contributed by atoms with E-state index < -0.39 is 0 Å². The quantitative estimate of drug-likeness (QED) is 0.547. The van der Waals surface area contributed by atoms with Crippen LogP contribution < -0.4 is 19.9 Å². The van der Waals surface area contributed by atoms with Crippen molar-refractivity contribution in [3.63, 3.8) is 0 Å². The first-order valence-electron chi connectivity index (χ1n) is 11.3. The van der Waals surface area contributed by atoms with Gasteiger partial charge in [-0.15, -0.1) is 0 Å². The number of methoxy groups -OCH3 is 1. The van der Waals surface area contributed by atoms with Crippen LogP contribution in [0.1, 0.15) is 61.0 Å². The Labute approximate surface area is 180 Å². The topological polar surface area (TPSA) is 60.3 Å². The number of carbonyl (C=O) groups excluding carboxylic acids is 1. The molecule has 0 bridgehead atoms.